The lowest BCUT2D eigenvalue weighted by Crippen LogP contribution is -2.14. The number of benzene rings is 1. The molecular weight excluding hydrogens is 330 g/mol. The molecule has 0 aliphatic carbocycles. The van der Waals surface area contributed by atoms with E-state index in [9.17, 15) is 4.79 Å². The van der Waals surface area contributed by atoms with Gasteiger partial charge >= 0.3 is 0 Å². The van der Waals surface area contributed by atoms with Crippen LogP contribution in [0.5, 0.6) is 0 Å². The molecule has 104 valence electrons. The number of nitrogens with zero attached hydrogens (tertiary/aromatic N) is 2. The van der Waals surface area contributed by atoms with Gasteiger partial charge in [-0.3, -0.25) is 9.78 Å². The molecule has 0 spiro atoms. The van der Waals surface area contributed by atoms with E-state index in [1.54, 1.807) is 18.5 Å². The standard InChI is InChI=1S/C16H12BrN3O/c1-10-8-12(17)9-19-15(10)20-16(21)13-6-2-4-11-5-3-7-18-14(11)13/h2-9H,1H3,(H,19,20,21). The SMILES string of the molecule is Cc1cc(Br)cnc1NC(=O)c1cccc2cccnc12. The number of carbonyl (C=O) groups is 1. The number of hydrogen-bond donors (Lipinski definition) is 1. The largest absolute Gasteiger partial charge is 0.306 e. The first-order chi connectivity index (χ1) is 10.1. The second-order valence-electron chi connectivity index (χ2n) is 4.65. The van der Waals surface area contributed by atoms with E-state index in [2.05, 4.69) is 31.2 Å². The maximum atomic E-state index is 12.5. The number of rotatable bonds is 2. The van der Waals surface area contributed by atoms with Crippen LogP contribution in [0.15, 0.2) is 53.3 Å². The maximum absolute atomic E-state index is 12.5. The Labute approximate surface area is 130 Å². The van der Waals surface area contributed by atoms with Gasteiger partial charge in [0.25, 0.3) is 5.91 Å². The Morgan fingerprint density at radius 1 is 1.19 bits per heavy atom. The second kappa shape index (κ2) is 5.61. The summed E-state index contributed by atoms with van der Waals surface area (Å²) < 4.78 is 0.879. The van der Waals surface area contributed by atoms with Gasteiger partial charge in [0.05, 0.1) is 11.1 Å². The van der Waals surface area contributed by atoms with Crippen molar-refractivity contribution >= 4 is 38.6 Å². The quantitative estimate of drug-likeness (QED) is 0.767. The number of pyridine rings is 2. The lowest BCUT2D eigenvalue weighted by atomic mass is 10.1. The van der Waals surface area contributed by atoms with Gasteiger partial charge in [0.15, 0.2) is 0 Å². The Balaban J connectivity index is 1.97. The van der Waals surface area contributed by atoms with Gasteiger partial charge in [0, 0.05) is 22.3 Å². The van der Waals surface area contributed by atoms with Gasteiger partial charge < -0.3 is 5.32 Å². The van der Waals surface area contributed by atoms with Crippen LogP contribution in [0.3, 0.4) is 0 Å². The van der Waals surface area contributed by atoms with Crippen molar-refractivity contribution in [2.45, 2.75) is 6.92 Å². The minimum atomic E-state index is -0.211. The lowest BCUT2D eigenvalue weighted by Gasteiger charge is -2.09. The van der Waals surface area contributed by atoms with Crippen LogP contribution in [-0.2, 0) is 0 Å². The summed E-state index contributed by atoms with van der Waals surface area (Å²) in [5, 5.41) is 3.77. The lowest BCUT2D eigenvalue weighted by molar-refractivity contribution is 0.102. The van der Waals surface area contributed by atoms with E-state index >= 15 is 0 Å². The number of carbonyl (C=O) groups excluding carboxylic acids is 1. The number of halogens is 1. The van der Waals surface area contributed by atoms with Crippen LogP contribution in [0.1, 0.15) is 15.9 Å². The van der Waals surface area contributed by atoms with Crippen molar-refractivity contribution in [1.82, 2.24) is 9.97 Å². The fourth-order valence-corrected chi connectivity index (χ4v) is 2.58. The first kappa shape index (κ1) is 13.7. The number of aromatic nitrogens is 2. The van der Waals surface area contributed by atoms with E-state index in [1.807, 2.05) is 37.3 Å². The Morgan fingerprint density at radius 3 is 2.81 bits per heavy atom. The highest BCUT2D eigenvalue weighted by molar-refractivity contribution is 9.10. The van der Waals surface area contributed by atoms with Crippen molar-refractivity contribution in [1.29, 1.82) is 0 Å². The first-order valence-electron chi connectivity index (χ1n) is 6.42. The molecule has 1 N–H and O–H groups in total. The van der Waals surface area contributed by atoms with Gasteiger partial charge in [-0.05, 0) is 46.6 Å². The highest BCUT2D eigenvalue weighted by atomic mass is 79.9. The van der Waals surface area contributed by atoms with Crippen molar-refractivity contribution in [2.75, 3.05) is 5.32 Å². The minimum absolute atomic E-state index is 0.211. The normalized spacial score (nSPS) is 10.6. The smallest absolute Gasteiger partial charge is 0.259 e. The summed E-state index contributed by atoms with van der Waals surface area (Å²) in [6.07, 6.45) is 3.34. The van der Waals surface area contributed by atoms with Crippen LogP contribution >= 0.6 is 15.9 Å². The molecule has 2 aromatic heterocycles. The number of aryl methyl sites for hydroxylation is 1. The highest BCUT2D eigenvalue weighted by Crippen LogP contribution is 2.20. The number of nitrogens with one attached hydrogen (secondary N) is 1. The predicted molar refractivity (Wildman–Crippen MR) is 86.4 cm³/mol. The molecule has 4 nitrogen and oxygen atoms in total. The van der Waals surface area contributed by atoms with E-state index in [0.717, 1.165) is 15.4 Å². The molecule has 0 fully saturated rings. The van der Waals surface area contributed by atoms with Crippen LogP contribution in [-0.4, -0.2) is 15.9 Å². The van der Waals surface area contributed by atoms with Gasteiger partial charge in [0.1, 0.15) is 5.82 Å². The molecule has 2 heterocycles. The monoisotopic (exact) mass is 341 g/mol. The second-order valence-corrected chi connectivity index (χ2v) is 5.57. The molecule has 3 aromatic rings. The summed E-state index contributed by atoms with van der Waals surface area (Å²) in [5.74, 6) is 0.341. The average Bonchev–Trinajstić information content (AvgIpc) is 2.49. The number of para-hydroxylation sites is 1. The molecular formula is C16H12BrN3O. The Kier molecular flexibility index (Phi) is 3.66. The van der Waals surface area contributed by atoms with Gasteiger partial charge in [-0.1, -0.05) is 18.2 Å². The van der Waals surface area contributed by atoms with E-state index < -0.39 is 0 Å². The molecule has 0 atom stereocenters. The zero-order valence-corrected chi connectivity index (χ0v) is 12.9. The van der Waals surface area contributed by atoms with E-state index in [4.69, 9.17) is 0 Å². The number of anilines is 1. The third kappa shape index (κ3) is 2.78. The van der Waals surface area contributed by atoms with Gasteiger partial charge in [-0.15, -0.1) is 0 Å². The van der Waals surface area contributed by atoms with E-state index in [0.29, 0.717) is 16.9 Å². The summed E-state index contributed by atoms with van der Waals surface area (Å²) in [7, 11) is 0. The molecule has 0 saturated heterocycles. The summed E-state index contributed by atoms with van der Waals surface area (Å²) in [6.45, 7) is 1.90. The molecule has 0 aliphatic rings. The molecule has 1 aromatic carbocycles. The van der Waals surface area contributed by atoms with Crippen molar-refractivity contribution in [2.24, 2.45) is 0 Å². The van der Waals surface area contributed by atoms with Gasteiger partial charge in [-0.25, -0.2) is 4.98 Å². The van der Waals surface area contributed by atoms with Gasteiger partial charge in [-0.2, -0.15) is 0 Å². The summed E-state index contributed by atoms with van der Waals surface area (Å²) >= 11 is 3.35. The number of hydrogen-bond acceptors (Lipinski definition) is 3. The van der Waals surface area contributed by atoms with Gasteiger partial charge in [0.2, 0.25) is 0 Å². The molecule has 1 amide bonds. The molecule has 3 rings (SSSR count). The topological polar surface area (TPSA) is 54.9 Å². The third-order valence-electron chi connectivity index (χ3n) is 3.15. The van der Waals surface area contributed by atoms with E-state index in [1.165, 1.54) is 0 Å². The molecule has 5 heteroatoms. The molecule has 0 radical (unpaired) electrons. The van der Waals surface area contributed by atoms with Crippen molar-refractivity contribution in [3.8, 4) is 0 Å². The summed E-state index contributed by atoms with van der Waals surface area (Å²) in [5.41, 5.74) is 2.12. The first-order valence-corrected chi connectivity index (χ1v) is 7.22. The maximum Gasteiger partial charge on any atom is 0.259 e. The summed E-state index contributed by atoms with van der Waals surface area (Å²) in [6, 6.07) is 11.2. The zero-order valence-electron chi connectivity index (χ0n) is 11.3. The average molecular weight is 342 g/mol. The van der Waals surface area contributed by atoms with Crippen LogP contribution in [0.4, 0.5) is 5.82 Å². The minimum Gasteiger partial charge on any atom is -0.306 e. The highest BCUT2D eigenvalue weighted by Gasteiger charge is 2.12. The van der Waals surface area contributed by atoms with Crippen LogP contribution < -0.4 is 5.32 Å². The fourth-order valence-electron chi connectivity index (χ4n) is 2.13. The Morgan fingerprint density at radius 2 is 2.00 bits per heavy atom. The van der Waals surface area contributed by atoms with Crippen LogP contribution in [0.2, 0.25) is 0 Å². The van der Waals surface area contributed by atoms with Crippen molar-refractivity contribution in [3.63, 3.8) is 0 Å². The number of fused-ring (bicyclic) bond motifs is 1. The fraction of sp³-hybridized carbons (Fsp3) is 0.0625. The summed E-state index contributed by atoms with van der Waals surface area (Å²) in [4.78, 5) is 21.0. The molecule has 0 unspecified atom stereocenters. The molecule has 0 aliphatic heterocycles. The van der Waals surface area contributed by atoms with E-state index in [-0.39, 0.29) is 5.91 Å². The van der Waals surface area contributed by atoms with Crippen LogP contribution in [0.25, 0.3) is 10.9 Å². The number of amides is 1. The Hall–Kier alpha value is -2.27. The molecule has 0 bridgehead atoms. The van der Waals surface area contributed by atoms with Crippen LogP contribution in [0, 0.1) is 6.92 Å². The third-order valence-corrected chi connectivity index (χ3v) is 3.59. The Bertz CT molecular complexity index is 827. The molecule has 21 heavy (non-hydrogen) atoms. The molecule has 0 saturated carbocycles. The zero-order chi connectivity index (χ0) is 14.8. The van der Waals surface area contributed by atoms with Crippen molar-refractivity contribution < 1.29 is 4.79 Å². The predicted octanol–water partition coefficient (Wildman–Crippen LogP) is 3.95. The van der Waals surface area contributed by atoms with Crippen molar-refractivity contribution in [3.05, 3.63) is 64.4 Å².